The number of oxazole rings is 1. The lowest BCUT2D eigenvalue weighted by molar-refractivity contribution is -0.159. The van der Waals surface area contributed by atoms with Crippen molar-refractivity contribution in [2.24, 2.45) is 17.3 Å². The standard InChI is InChI=1S/C46H66N6O9S/c1-27(2)38-40(28(3)4)60-41(47-38)33-20-17-21-34-39(33)48-44(52(34)29(5)6)59-32-23-35-36(53)25-46(43(56)49-62(57,58)50(10)11)24-31(46)19-16-14-12-13-15-18-30(42(55)51(35)26-32)22-37(54)61-45(7,8)9/h16-17,19-21,27-32,35H,12-15,18,22-26H2,1-11H3,(H,49,56)/b19-16-/t30-,31+,32-,35+,46-/m1/s1. The van der Waals surface area contributed by atoms with Gasteiger partial charge in [-0.2, -0.15) is 17.7 Å². The summed E-state index contributed by atoms with van der Waals surface area (Å²) in [6.07, 6.45) is 6.60. The van der Waals surface area contributed by atoms with E-state index in [0.717, 1.165) is 40.5 Å². The van der Waals surface area contributed by atoms with E-state index in [0.29, 0.717) is 35.8 Å². The third kappa shape index (κ3) is 10.1. The smallest absolute Gasteiger partial charge is 0.307 e. The molecule has 340 valence electrons. The number of esters is 1. The van der Waals surface area contributed by atoms with E-state index in [4.69, 9.17) is 23.9 Å². The Balaban J connectivity index is 1.38. The van der Waals surface area contributed by atoms with Crippen molar-refractivity contribution in [2.45, 2.75) is 156 Å². The van der Waals surface area contributed by atoms with Crippen LogP contribution in [0, 0.1) is 17.3 Å². The zero-order valence-electron chi connectivity index (χ0n) is 38.3. The summed E-state index contributed by atoms with van der Waals surface area (Å²) < 4.78 is 49.6. The van der Waals surface area contributed by atoms with Gasteiger partial charge >= 0.3 is 16.2 Å². The van der Waals surface area contributed by atoms with Crippen molar-refractivity contribution in [3.8, 4) is 17.5 Å². The van der Waals surface area contributed by atoms with Gasteiger partial charge in [0.2, 0.25) is 17.7 Å². The molecule has 4 heterocycles. The molecular weight excluding hydrogens is 813 g/mol. The normalized spacial score (nSPS) is 24.6. The maximum absolute atomic E-state index is 14.8. The number of nitrogens with zero attached hydrogens (tertiary/aromatic N) is 5. The molecule has 2 aromatic heterocycles. The lowest BCUT2D eigenvalue weighted by Crippen LogP contribution is -2.47. The summed E-state index contributed by atoms with van der Waals surface area (Å²) in [5, 5.41) is 0. The van der Waals surface area contributed by atoms with Crippen LogP contribution in [0.25, 0.3) is 22.5 Å². The molecule has 5 atom stereocenters. The number of fused-ring (bicyclic) bond motifs is 3. The van der Waals surface area contributed by atoms with Gasteiger partial charge in [0.15, 0.2) is 5.78 Å². The Morgan fingerprint density at radius 3 is 2.39 bits per heavy atom. The number of benzene rings is 1. The number of allylic oxidation sites excluding steroid dienone is 2. The molecule has 1 saturated carbocycles. The van der Waals surface area contributed by atoms with E-state index in [1.54, 1.807) is 20.8 Å². The van der Waals surface area contributed by atoms with Crippen LogP contribution >= 0.6 is 0 Å². The number of ether oxygens (including phenoxy) is 2. The van der Waals surface area contributed by atoms with E-state index >= 15 is 0 Å². The van der Waals surface area contributed by atoms with Crippen molar-refractivity contribution in [3.05, 3.63) is 41.8 Å². The van der Waals surface area contributed by atoms with Gasteiger partial charge in [-0.25, -0.2) is 9.71 Å². The van der Waals surface area contributed by atoms with Crippen molar-refractivity contribution in [2.75, 3.05) is 20.6 Å². The third-order valence-corrected chi connectivity index (χ3v) is 13.5. The zero-order chi connectivity index (χ0) is 45.5. The van der Waals surface area contributed by atoms with E-state index in [1.807, 2.05) is 48.8 Å². The fourth-order valence-corrected chi connectivity index (χ4v) is 9.43. The van der Waals surface area contributed by atoms with Gasteiger partial charge in [0.25, 0.3) is 6.01 Å². The highest BCUT2D eigenvalue weighted by Gasteiger charge is 2.61. The fourth-order valence-electron chi connectivity index (χ4n) is 8.81. The minimum absolute atomic E-state index is 0.0288. The summed E-state index contributed by atoms with van der Waals surface area (Å²) >= 11 is 0. The molecule has 1 aliphatic carbocycles. The fraction of sp³-hybridized carbons (Fsp3) is 0.652. The number of nitrogens with one attached hydrogen (secondary N) is 1. The van der Waals surface area contributed by atoms with Crippen molar-refractivity contribution < 1.29 is 41.5 Å². The summed E-state index contributed by atoms with van der Waals surface area (Å²) in [6.45, 7) is 17.7. The number of aromatic nitrogens is 3. The van der Waals surface area contributed by atoms with Crippen LogP contribution in [0.4, 0.5) is 0 Å². The summed E-state index contributed by atoms with van der Waals surface area (Å²) in [6, 6.07) is 5.01. The third-order valence-electron chi connectivity index (χ3n) is 12.1. The molecule has 2 fully saturated rings. The lowest BCUT2D eigenvalue weighted by Gasteiger charge is -2.29. The van der Waals surface area contributed by atoms with Gasteiger partial charge < -0.3 is 18.8 Å². The number of carbonyl (C=O) groups excluding carboxylic acids is 4. The number of para-hydroxylation sites is 1. The molecule has 62 heavy (non-hydrogen) atoms. The Kier molecular flexibility index (Phi) is 13.8. The summed E-state index contributed by atoms with van der Waals surface area (Å²) in [5.74, 6) is -1.54. The topological polar surface area (TPSA) is 183 Å². The summed E-state index contributed by atoms with van der Waals surface area (Å²) in [7, 11) is -1.50. The van der Waals surface area contributed by atoms with Crippen molar-refractivity contribution in [3.63, 3.8) is 0 Å². The van der Waals surface area contributed by atoms with Crippen LogP contribution < -0.4 is 9.46 Å². The Morgan fingerprint density at radius 1 is 1.03 bits per heavy atom. The van der Waals surface area contributed by atoms with E-state index in [9.17, 15) is 27.6 Å². The van der Waals surface area contributed by atoms with Gasteiger partial charge in [-0.3, -0.25) is 23.7 Å². The van der Waals surface area contributed by atoms with E-state index < -0.39 is 51.2 Å². The molecule has 2 aliphatic heterocycles. The highest BCUT2D eigenvalue weighted by atomic mass is 32.2. The van der Waals surface area contributed by atoms with Crippen molar-refractivity contribution >= 4 is 44.8 Å². The number of imidazole rings is 1. The van der Waals surface area contributed by atoms with Gasteiger partial charge in [-0.05, 0) is 84.3 Å². The number of carbonyl (C=O) groups is 4. The second-order valence-electron chi connectivity index (χ2n) is 19.5. The lowest BCUT2D eigenvalue weighted by atomic mass is 9.90. The minimum Gasteiger partial charge on any atom is -0.460 e. The van der Waals surface area contributed by atoms with Crippen LogP contribution in [0.15, 0.2) is 34.8 Å². The Hall–Kier alpha value is -4.57. The van der Waals surface area contributed by atoms with Crippen LogP contribution in [0.5, 0.6) is 6.01 Å². The molecule has 16 heteroatoms. The first kappa shape index (κ1) is 46.9. The van der Waals surface area contributed by atoms with Crippen molar-refractivity contribution in [1.29, 1.82) is 0 Å². The molecule has 1 N–H and O–H groups in total. The maximum Gasteiger partial charge on any atom is 0.307 e. The molecule has 3 aliphatic rings. The Labute approximate surface area is 366 Å². The number of hydrogen-bond donors (Lipinski definition) is 1. The predicted molar refractivity (Wildman–Crippen MR) is 235 cm³/mol. The van der Waals surface area contributed by atoms with Crippen LogP contribution in [0.1, 0.15) is 149 Å². The van der Waals surface area contributed by atoms with Crippen LogP contribution in [-0.2, 0) is 34.1 Å². The molecule has 0 radical (unpaired) electrons. The van der Waals surface area contributed by atoms with Crippen LogP contribution in [0.3, 0.4) is 0 Å². The van der Waals surface area contributed by atoms with E-state index in [1.165, 1.54) is 19.0 Å². The average Bonchev–Trinajstić information content (AvgIpc) is 3.50. The largest absolute Gasteiger partial charge is 0.460 e. The van der Waals surface area contributed by atoms with E-state index in [2.05, 4.69) is 32.4 Å². The maximum atomic E-state index is 14.8. The number of hydrogen-bond acceptors (Lipinski definition) is 11. The quantitative estimate of drug-likeness (QED) is 0.148. The van der Waals surface area contributed by atoms with E-state index in [-0.39, 0.29) is 67.7 Å². The van der Waals surface area contributed by atoms with Crippen LogP contribution in [0.2, 0.25) is 0 Å². The molecule has 2 amide bonds. The second-order valence-corrected chi connectivity index (χ2v) is 21.4. The molecule has 1 saturated heterocycles. The molecule has 0 spiro atoms. The Morgan fingerprint density at radius 2 is 1.76 bits per heavy atom. The summed E-state index contributed by atoms with van der Waals surface area (Å²) in [5.41, 5.74) is 0.973. The number of Topliss-reactive ketones (excluding diaryl/α,β-unsaturated/α-hetero) is 1. The average molecular weight is 879 g/mol. The monoisotopic (exact) mass is 878 g/mol. The number of rotatable bonds is 11. The first-order valence-corrected chi connectivity index (χ1v) is 23.6. The van der Waals surface area contributed by atoms with Gasteiger partial charge in [0.1, 0.15) is 23.0 Å². The Bertz CT molecular complexity index is 2280. The zero-order valence-corrected chi connectivity index (χ0v) is 39.1. The van der Waals surface area contributed by atoms with Crippen molar-refractivity contribution in [1.82, 2.24) is 28.5 Å². The highest BCUT2D eigenvalue weighted by molar-refractivity contribution is 7.87. The molecule has 0 unspecified atom stereocenters. The predicted octanol–water partition coefficient (Wildman–Crippen LogP) is 7.62. The number of ketones is 1. The molecule has 1 aromatic carbocycles. The summed E-state index contributed by atoms with van der Waals surface area (Å²) in [4.78, 5) is 68.2. The van der Waals surface area contributed by atoms with Crippen LogP contribution in [-0.4, -0.2) is 94.1 Å². The molecule has 6 rings (SSSR count). The molecule has 0 bridgehead atoms. The van der Waals surface area contributed by atoms with Gasteiger partial charge in [-0.15, -0.1) is 0 Å². The van der Waals surface area contributed by atoms with Gasteiger partial charge in [-0.1, -0.05) is 58.8 Å². The highest BCUT2D eigenvalue weighted by Crippen LogP contribution is 2.57. The first-order valence-electron chi connectivity index (χ1n) is 22.2. The van der Waals surface area contributed by atoms with Gasteiger partial charge in [0, 0.05) is 44.8 Å². The first-order chi connectivity index (χ1) is 29.0. The minimum atomic E-state index is -4.14. The number of amides is 2. The van der Waals surface area contributed by atoms with Gasteiger partial charge in [0.05, 0.1) is 41.2 Å². The molecular formula is C46H66N6O9S. The molecule has 3 aromatic rings. The second kappa shape index (κ2) is 18.3. The molecule has 15 nitrogen and oxygen atoms in total. The SMILES string of the molecule is CC(C)c1nc(-c2cccc3c2nc(O[C@@H]2C[C@H]4C(=O)C[C@]5(C(=O)NS(=O)(=O)N(C)C)C[C@@H]5/C=C\CCCCC[C@H](CC(=O)OC(C)(C)C)C(=O)N4C2)n3C(C)C)oc1C(C)C.